The summed E-state index contributed by atoms with van der Waals surface area (Å²) in [6, 6.07) is 2.34. The van der Waals surface area contributed by atoms with Crippen molar-refractivity contribution in [2.45, 2.75) is 25.7 Å². The first-order chi connectivity index (χ1) is 9.15. The van der Waals surface area contributed by atoms with Crippen LogP contribution >= 0.6 is 11.6 Å². The summed E-state index contributed by atoms with van der Waals surface area (Å²) < 4.78 is 13.8. The van der Waals surface area contributed by atoms with Crippen LogP contribution in [0, 0.1) is 5.82 Å². The fourth-order valence-electron chi connectivity index (χ4n) is 2.31. The van der Waals surface area contributed by atoms with Gasteiger partial charge in [0.1, 0.15) is 11.6 Å². The Morgan fingerprint density at radius 3 is 2.84 bits per heavy atom. The van der Waals surface area contributed by atoms with E-state index < -0.39 is 5.82 Å². The van der Waals surface area contributed by atoms with Gasteiger partial charge in [-0.3, -0.25) is 0 Å². The molecule has 0 amide bonds. The molecule has 0 aliphatic heterocycles. The van der Waals surface area contributed by atoms with Crippen molar-refractivity contribution in [2.75, 3.05) is 0 Å². The fraction of sp³-hybridized carbons (Fsp3) is 0.286. The Balaban J connectivity index is 2.09. The topological polar surface area (TPSA) is 46.0 Å². The summed E-state index contributed by atoms with van der Waals surface area (Å²) >= 11 is 5.81. The Hall–Kier alpha value is -1.68. The van der Waals surface area contributed by atoms with Crippen LogP contribution < -0.4 is 0 Å². The second-order valence-electron chi connectivity index (χ2n) is 4.66. The first-order valence-corrected chi connectivity index (χ1v) is 6.56. The van der Waals surface area contributed by atoms with E-state index in [-0.39, 0.29) is 16.3 Å². The number of rotatable bonds is 1. The minimum absolute atomic E-state index is 0.0951. The second kappa shape index (κ2) is 4.78. The lowest BCUT2D eigenvalue weighted by molar-refractivity contribution is 0.469. The van der Waals surface area contributed by atoms with Gasteiger partial charge in [-0.05, 0) is 37.3 Å². The smallest absolute Gasteiger partial charge is 0.162 e. The van der Waals surface area contributed by atoms with Crippen molar-refractivity contribution in [2.24, 2.45) is 0 Å². The van der Waals surface area contributed by atoms with E-state index in [1.807, 2.05) is 0 Å². The number of benzene rings is 1. The molecule has 0 fully saturated rings. The molecule has 3 nitrogen and oxygen atoms in total. The highest BCUT2D eigenvalue weighted by molar-refractivity contribution is 6.32. The van der Waals surface area contributed by atoms with Gasteiger partial charge in [-0.25, -0.2) is 14.4 Å². The summed E-state index contributed by atoms with van der Waals surface area (Å²) in [6.07, 6.45) is 5.89. The molecule has 1 N–H and O–H groups in total. The number of aromatic nitrogens is 2. The normalized spacial score (nSPS) is 14.2. The second-order valence-corrected chi connectivity index (χ2v) is 5.06. The molecule has 1 aliphatic rings. The third-order valence-corrected chi connectivity index (χ3v) is 3.64. The van der Waals surface area contributed by atoms with Gasteiger partial charge < -0.3 is 5.11 Å². The number of aryl methyl sites for hydroxylation is 2. The number of hydrogen-bond donors (Lipinski definition) is 1. The van der Waals surface area contributed by atoms with E-state index in [0.29, 0.717) is 5.82 Å². The summed E-state index contributed by atoms with van der Waals surface area (Å²) in [5, 5.41) is 9.45. The quantitative estimate of drug-likeness (QED) is 0.868. The van der Waals surface area contributed by atoms with Gasteiger partial charge >= 0.3 is 0 Å². The number of halogens is 2. The van der Waals surface area contributed by atoms with Gasteiger partial charge in [0.25, 0.3) is 0 Å². The van der Waals surface area contributed by atoms with Gasteiger partial charge in [0.15, 0.2) is 5.82 Å². The molecule has 0 bridgehead atoms. The highest BCUT2D eigenvalue weighted by Gasteiger charge is 2.16. The first-order valence-electron chi connectivity index (χ1n) is 6.18. The van der Waals surface area contributed by atoms with Crippen LogP contribution in [-0.4, -0.2) is 15.1 Å². The molecule has 0 saturated heterocycles. The molecule has 1 aromatic heterocycles. The summed E-state index contributed by atoms with van der Waals surface area (Å²) in [5.41, 5.74) is 2.34. The summed E-state index contributed by atoms with van der Waals surface area (Å²) in [4.78, 5) is 8.63. The minimum Gasteiger partial charge on any atom is -0.506 e. The highest BCUT2D eigenvalue weighted by atomic mass is 35.5. The van der Waals surface area contributed by atoms with Crippen LogP contribution in [0.15, 0.2) is 18.3 Å². The lowest BCUT2D eigenvalue weighted by Gasteiger charge is -2.15. The SMILES string of the molecule is Oc1cc(F)c(-c2ncc3c(n2)CCCC3)cc1Cl. The highest BCUT2D eigenvalue weighted by Crippen LogP contribution is 2.31. The van der Waals surface area contributed by atoms with E-state index in [9.17, 15) is 9.50 Å². The summed E-state index contributed by atoms with van der Waals surface area (Å²) in [7, 11) is 0. The average molecular weight is 279 g/mol. The number of aromatic hydroxyl groups is 1. The Labute approximate surface area is 115 Å². The molecular formula is C14H12ClFN2O. The molecule has 0 spiro atoms. The first kappa shape index (κ1) is 12.4. The lowest BCUT2D eigenvalue weighted by Crippen LogP contribution is -2.07. The predicted molar refractivity (Wildman–Crippen MR) is 70.7 cm³/mol. The lowest BCUT2D eigenvalue weighted by atomic mass is 9.97. The van der Waals surface area contributed by atoms with E-state index in [2.05, 4.69) is 9.97 Å². The van der Waals surface area contributed by atoms with Crippen molar-refractivity contribution >= 4 is 11.6 Å². The number of nitrogens with zero attached hydrogens (tertiary/aromatic N) is 2. The predicted octanol–water partition coefficient (Wildman–Crippen LogP) is 3.52. The van der Waals surface area contributed by atoms with Crippen LogP contribution in [0.3, 0.4) is 0 Å². The van der Waals surface area contributed by atoms with E-state index in [1.54, 1.807) is 6.20 Å². The molecule has 0 atom stereocenters. The van der Waals surface area contributed by atoms with Crippen molar-refractivity contribution in [3.8, 4) is 17.1 Å². The largest absolute Gasteiger partial charge is 0.506 e. The van der Waals surface area contributed by atoms with Crippen molar-refractivity contribution in [1.82, 2.24) is 9.97 Å². The van der Waals surface area contributed by atoms with Crippen LogP contribution in [-0.2, 0) is 12.8 Å². The summed E-state index contributed by atoms with van der Waals surface area (Å²) in [5.74, 6) is -0.529. The molecule has 2 aromatic rings. The van der Waals surface area contributed by atoms with Gasteiger partial charge in [-0.1, -0.05) is 11.6 Å². The number of hydrogen-bond acceptors (Lipinski definition) is 3. The standard InChI is InChI=1S/C14H12ClFN2O/c15-10-5-9(11(16)6-13(10)19)14-17-7-8-3-1-2-4-12(8)18-14/h5-7,19H,1-4H2. The molecule has 3 rings (SSSR count). The van der Waals surface area contributed by atoms with Crippen molar-refractivity contribution in [1.29, 1.82) is 0 Å². The van der Waals surface area contributed by atoms with Crippen molar-refractivity contribution in [3.05, 3.63) is 40.4 Å². The molecule has 0 saturated carbocycles. The number of phenolic OH excluding ortho intramolecular Hbond substituents is 1. The zero-order valence-corrected chi connectivity index (χ0v) is 10.9. The van der Waals surface area contributed by atoms with Crippen LogP contribution in [0.4, 0.5) is 4.39 Å². The van der Waals surface area contributed by atoms with Crippen LogP contribution in [0.1, 0.15) is 24.1 Å². The zero-order chi connectivity index (χ0) is 13.4. The molecule has 1 aromatic carbocycles. The van der Waals surface area contributed by atoms with Crippen molar-refractivity contribution < 1.29 is 9.50 Å². The van der Waals surface area contributed by atoms with Crippen LogP contribution in [0.2, 0.25) is 5.02 Å². The maximum atomic E-state index is 13.8. The van der Waals surface area contributed by atoms with Gasteiger partial charge in [0, 0.05) is 18.0 Å². The zero-order valence-electron chi connectivity index (χ0n) is 10.2. The monoisotopic (exact) mass is 278 g/mol. The maximum Gasteiger partial charge on any atom is 0.162 e. The Morgan fingerprint density at radius 2 is 2.00 bits per heavy atom. The van der Waals surface area contributed by atoms with E-state index in [1.165, 1.54) is 6.07 Å². The number of fused-ring (bicyclic) bond motifs is 1. The Kier molecular flexibility index (Phi) is 3.11. The fourth-order valence-corrected chi connectivity index (χ4v) is 2.48. The molecular weight excluding hydrogens is 267 g/mol. The average Bonchev–Trinajstić information content (AvgIpc) is 2.42. The molecule has 0 radical (unpaired) electrons. The minimum atomic E-state index is -0.572. The van der Waals surface area contributed by atoms with E-state index >= 15 is 0 Å². The molecule has 0 unspecified atom stereocenters. The molecule has 1 aliphatic carbocycles. The molecule has 1 heterocycles. The van der Waals surface area contributed by atoms with Crippen molar-refractivity contribution in [3.63, 3.8) is 0 Å². The number of phenols is 1. The molecule has 98 valence electrons. The maximum absolute atomic E-state index is 13.8. The van der Waals surface area contributed by atoms with Gasteiger partial charge in [0.2, 0.25) is 0 Å². The summed E-state index contributed by atoms with van der Waals surface area (Å²) in [6.45, 7) is 0. The molecule has 19 heavy (non-hydrogen) atoms. The third kappa shape index (κ3) is 2.28. The van der Waals surface area contributed by atoms with Gasteiger partial charge in [0.05, 0.1) is 10.6 Å². The Bertz CT molecular complexity index is 646. The van der Waals surface area contributed by atoms with Crippen LogP contribution in [0.25, 0.3) is 11.4 Å². The molecule has 5 heteroatoms. The Morgan fingerprint density at radius 1 is 1.21 bits per heavy atom. The third-order valence-electron chi connectivity index (χ3n) is 3.34. The van der Waals surface area contributed by atoms with Crippen LogP contribution in [0.5, 0.6) is 5.75 Å². The van der Waals surface area contributed by atoms with Gasteiger partial charge in [-0.2, -0.15) is 0 Å². The van der Waals surface area contributed by atoms with E-state index in [4.69, 9.17) is 11.6 Å². The van der Waals surface area contributed by atoms with E-state index in [0.717, 1.165) is 43.0 Å². The van der Waals surface area contributed by atoms with Gasteiger partial charge in [-0.15, -0.1) is 0 Å².